The highest BCUT2D eigenvalue weighted by atomic mass is 16.4. The number of aliphatic carboxylic acids is 1. The van der Waals surface area contributed by atoms with Crippen molar-refractivity contribution in [3.8, 4) is 0 Å². The number of carboxylic acid groups (broad SMARTS) is 1. The molecule has 2 aromatic rings. The number of carboxylic acids is 1. The first-order valence-electron chi connectivity index (χ1n) is 10.7. The molecule has 0 radical (unpaired) electrons. The topological polar surface area (TPSA) is 200 Å². The number of nitrogens with two attached hydrogens (primary N) is 1. The lowest BCUT2D eigenvalue weighted by atomic mass is 10.0. The standard InChI is InChI=1S/C22H30N6O6/c1-12(19(30)28-18(13(2)29)22(33)34)26-21(32)17(8-14-6-4-3-5-7-14)27-20(31)16(23)9-15-10-24-11-25-15/h3-7,10-13,16-18,29H,8-9,23H2,1-2H3,(H,24,25)(H,26,32)(H,27,31)(H,28,30)(H,33,34). The van der Waals surface area contributed by atoms with E-state index in [1.54, 1.807) is 30.5 Å². The number of carbonyl (C=O) groups is 4. The van der Waals surface area contributed by atoms with Crippen LogP contribution in [0.5, 0.6) is 0 Å². The fraction of sp³-hybridized carbons (Fsp3) is 0.409. The van der Waals surface area contributed by atoms with Gasteiger partial charge in [0.25, 0.3) is 0 Å². The molecular weight excluding hydrogens is 444 g/mol. The zero-order valence-electron chi connectivity index (χ0n) is 18.9. The van der Waals surface area contributed by atoms with Gasteiger partial charge in [0.15, 0.2) is 6.04 Å². The number of aliphatic hydroxyl groups is 1. The molecule has 0 saturated heterocycles. The van der Waals surface area contributed by atoms with E-state index in [0.717, 1.165) is 5.56 Å². The zero-order chi connectivity index (χ0) is 25.3. The van der Waals surface area contributed by atoms with Crippen molar-refractivity contribution in [2.45, 2.75) is 57.0 Å². The Morgan fingerprint density at radius 2 is 1.68 bits per heavy atom. The molecule has 5 atom stereocenters. The Morgan fingerprint density at radius 1 is 1.00 bits per heavy atom. The van der Waals surface area contributed by atoms with Gasteiger partial charge in [-0.15, -0.1) is 0 Å². The number of amides is 3. The molecule has 0 aliphatic carbocycles. The summed E-state index contributed by atoms with van der Waals surface area (Å²) < 4.78 is 0. The van der Waals surface area contributed by atoms with Crippen LogP contribution in [0.4, 0.5) is 0 Å². The van der Waals surface area contributed by atoms with Gasteiger partial charge in [0.2, 0.25) is 17.7 Å². The quantitative estimate of drug-likeness (QED) is 0.192. The van der Waals surface area contributed by atoms with Gasteiger partial charge in [-0.05, 0) is 19.4 Å². The summed E-state index contributed by atoms with van der Waals surface area (Å²) in [4.78, 5) is 55.9. The van der Waals surface area contributed by atoms with Crippen LogP contribution in [0.3, 0.4) is 0 Å². The zero-order valence-corrected chi connectivity index (χ0v) is 18.9. The van der Waals surface area contributed by atoms with Gasteiger partial charge in [-0.3, -0.25) is 14.4 Å². The third-order valence-electron chi connectivity index (χ3n) is 5.05. The van der Waals surface area contributed by atoms with Crippen LogP contribution < -0.4 is 21.7 Å². The van der Waals surface area contributed by atoms with E-state index in [0.29, 0.717) is 5.69 Å². The molecule has 1 aromatic carbocycles. The van der Waals surface area contributed by atoms with Gasteiger partial charge in [-0.1, -0.05) is 30.3 Å². The van der Waals surface area contributed by atoms with Crippen molar-refractivity contribution >= 4 is 23.7 Å². The van der Waals surface area contributed by atoms with Crippen LogP contribution in [-0.2, 0) is 32.0 Å². The Morgan fingerprint density at radius 3 is 2.24 bits per heavy atom. The van der Waals surface area contributed by atoms with E-state index in [9.17, 15) is 24.3 Å². The van der Waals surface area contributed by atoms with E-state index < -0.39 is 54.0 Å². The monoisotopic (exact) mass is 474 g/mol. The summed E-state index contributed by atoms with van der Waals surface area (Å²) >= 11 is 0. The van der Waals surface area contributed by atoms with Crippen molar-refractivity contribution in [1.29, 1.82) is 0 Å². The number of nitrogens with zero attached hydrogens (tertiary/aromatic N) is 1. The fourth-order valence-electron chi connectivity index (χ4n) is 3.11. The normalized spacial score (nSPS) is 15.3. The van der Waals surface area contributed by atoms with Gasteiger partial charge in [-0.25, -0.2) is 9.78 Å². The fourth-order valence-corrected chi connectivity index (χ4v) is 3.11. The Bertz CT molecular complexity index is 966. The first-order valence-corrected chi connectivity index (χ1v) is 10.7. The maximum Gasteiger partial charge on any atom is 0.328 e. The number of nitrogens with one attached hydrogen (secondary N) is 4. The second-order valence-electron chi connectivity index (χ2n) is 7.93. The summed E-state index contributed by atoms with van der Waals surface area (Å²) in [6, 6.07) is 4.28. The summed E-state index contributed by atoms with van der Waals surface area (Å²) in [5.74, 6) is -3.44. The van der Waals surface area contributed by atoms with Crippen molar-refractivity contribution in [3.05, 3.63) is 54.1 Å². The van der Waals surface area contributed by atoms with Crippen LogP contribution in [0, 0.1) is 0 Å². The lowest BCUT2D eigenvalue weighted by molar-refractivity contribution is -0.145. The van der Waals surface area contributed by atoms with Crippen LogP contribution in [-0.4, -0.2) is 74.1 Å². The van der Waals surface area contributed by atoms with E-state index in [1.165, 1.54) is 20.2 Å². The summed E-state index contributed by atoms with van der Waals surface area (Å²) in [6.45, 7) is 2.58. The van der Waals surface area contributed by atoms with Gasteiger partial charge < -0.3 is 36.9 Å². The van der Waals surface area contributed by atoms with Crippen molar-refractivity contribution in [1.82, 2.24) is 25.9 Å². The number of rotatable bonds is 12. The SMILES string of the molecule is CC(NC(=O)C(Cc1ccccc1)NC(=O)C(N)Cc1cnc[nH]1)C(=O)NC(C(=O)O)C(C)O. The van der Waals surface area contributed by atoms with Gasteiger partial charge in [0, 0.05) is 24.7 Å². The number of imidazole rings is 1. The summed E-state index contributed by atoms with van der Waals surface area (Å²) in [5, 5.41) is 25.9. The average Bonchev–Trinajstić information content (AvgIpc) is 3.29. The first kappa shape index (κ1) is 26.5. The van der Waals surface area contributed by atoms with E-state index in [-0.39, 0.29) is 12.8 Å². The number of aromatic amines is 1. The predicted molar refractivity (Wildman–Crippen MR) is 121 cm³/mol. The van der Waals surface area contributed by atoms with E-state index >= 15 is 0 Å². The largest absolute Gasteiger partial charge is 0.480 e. The van der Waals surface area contributed by atoms with E-state index in [2.05, 4.69) is 25.9 Å². The van der Waals surface area contributed by atoms with E-state index in [1.807, 2.05) is 6.07 Å². The molecule has 184 valence electrons. The highest BCUT2D eigenvalue weighted by Gasteiger charge is 2.30. The molecule has 3 amide bonds. The van der Waals surface area contributed by atoms with Crippen LogP contribution in [0.25, 0.3) is 0 Å². The van der Waals surface area contributed by atoms with Gasteiger partial charge >= 0.3 is 5.97 Å². The van der Waals surface area contributed by atoms with Gasteiger partial charge in [0.1, 0.15) is 12.1 Å². The molecule has 0 aliphatic rings. The lowest BCUT2D eigenvalue weighted by Crippen LogP contribution is -2.58. The Balaban J connectivity index is 2.08. The van der Waals surface area contributed by atoms with Gasteiger partial charge in [-0.2, -0.15) is 0 Å². The number of benzene rings is 1. The molecule has 34 heavy (non-hydrogen) atoms. The third-order valence-corrected chi connectivity index (χ3v) is 5.05. The minimum absolute atomic E-state index is 0.134. The highest BCUT2D eigenvalue weighted by molar-refractivity contribution is 5.94. The Labute approximate surface area is 196 Å². The first-order chi connectivity index (χ1) is 16.1. The summed E-state index contributed by atoms with van der Waals surface area (Å²) in [7, 11) is 0. The molecule has 8 N–H and O–H groups in total. The predicted octanol–water partition coefficient (Wildman–Crippen LogP) is -1.54. The molecule has 0 saturated carbocycles. The van der Waals surface area contributed by atoms with Crippen molar-refractivity contribution < 1.29 is 29.4 Å². The Hall–Kier alpha value is -3.77. The maximum absolute atomic E-state index is 13.0. The molecule has 5 unspecified atom stereocenters. The molecule has 12 heteroatoms. The molecule has 12 nitrogen and oxygen atoms in total. The van der Waals surface area contributed by atoms with Crippen molar-refractivity contribution in [3.63, 3.8) is 0 Å². The Kier molecular flexibility index (Phi) is 9.71. The van der Waals surface area contributed by atoms with Gasteiger partial charge in [0.05, 0.1) is 18.5 Å². The molecule has 2 rings (SSSR count). The molecule has 0 spiro atoms. The third kappa shape index (κ3) is 7.98. The number of aliphatic hydroxyl groups excluding tert-OH is 1. The minimum Gasteiger partial charge on any atom is -0.480 e. The van der Waals surface area contributed by atoms with Crippen LogP contribution >= 0.6 is 0 Å². The van der Waals surface area contributed by atoms with E-state index in [4.69, 9.17) is 10.8 Å². The molecule has 0 fully saturated rings. The number of hydrogen-bond acceptors (Lipinski definition) is 7. The van der Waals surface area contributed by atoms with Crippen molar-refractivity contribution in [2.24, 2.45) is 5.73 Å². The smallest absolute Gasteiger partial charge is 0.328 e. The second-order valence-corrected chi connectivity index (χ2v) is 7.93. The van der Waals surface area contributed by atoms with Crippen LogP contribution in [0.1, 0.15) is 25.1 Å². The van der Waals surface area contributed by atoms with Crippen LogP contribution in [0.15, 0.2) is 42.9 Å². The second kappa shape index (κ2) is 12.5. The molecule has 1 heterocycles. The molecular formula is C22H30N6O6. The molecule has 1 aromatic heterocycles. The maximum atomic E-state index is 13.0. The number of aromatic nitrogens is 2. The average molecular weight is 475 g/mol. The minimum atomic E-state index is -1.54. The molecule has 0 bridgehead atoms. The number of carbonyl (C=O) groups excluding carboxylic acids is 3. The van der Waals surface area contributed by atoms with Crippen molar-refractivity contribution in [2.75, 3.05) is 0 Å². The number of H-pyrrole nitrogens is 1. The summed E-state index contributed by atoms with van der Waals surface area (Å²) in [6.07, 6.45) is 1.98. The highest BCUT2D eigenvalue weighted by Crippen LogP contribution is 2.06. The number of hydrogen-bond donors (Lipinski definition) is 7. The van der Waals surface area contributed by atoms with Crippen LogP contribution in [0.2, 0.25) is 0 Å². The molecule has 0 aliphatic heterocycles. The lowest BCUT2D eigenvalue weighted by Gasteiger charge is -2.24. The summed E-state index contributed by atoms with van der Waals surface area (Å²) in [5.41, 5.74) is 7.40.